The van der Waals surface area contributed by atoms with Crippen LogP contribution in [0.1, 0.15) is 36.1 Å². The van der Waals surface area contributed by atoms with Crippen molar-refractivity contribution in [2.45, 2.75) is 32.9 Å². The summed E-state index contributed by atoms with van der Waals surface area (Å²) in [4.78, 5) is 2.27. The van der Waals surface area contributed by atoms with E-state index in [9.17, 15) is 0 Å². The fourth-order valence-corrected chi connectivity index (χ4v) is 2.42. The molecule has 1 atom stereocenters. The molecule has 0 heterocycles. The van der Waals surface area contributed by atoms with Gasteiger partial charge in [0.25, 0.3) is 0 Å². The number of aryl methyl sites for hydroxylation is 1. The molecule has 2 N–H and O–H groups in total. The van der Waals surface area contributed by atoms with Gasteiger partial charge in [-0.15, -0.1) is 0 Å². The van der Waals surface area contributed by atoms with E-state index in [-0.39, 0.29) is 6.04 Å². The first kappa shape index (κ1) is 14.6. The Kier molecular flexibility index (Phi) is 4.80. The van der Waals surface area contributed by atoms with E-state index in [1.807, 2.05) is 0 Å². The maximum Gasteiger partial charge on any atom is 0.0426 e. The quantitative estimate of drug-likeness (QED) is 0.886. The maximum absolute atomic E-state index is 6.22. The Bertz CT molecular complexity index is 546. The highest BCUT2D eigenvalue weighted by molar-refractivity contribution is 5.54. The predicted octanol–water partition coefficient (Wildman–Crippen LogP) is 4.04. The number of rotatable bonds is 5. The molecule has 2 nitrogen and oxygen atoms in total. The van der Waals surface area contributed by atoms with Gasteiger partial charge in [-0.25, -0.2) is 0 Å². The number of benzene rings is 2. The summed E-state index contributed by atoms with van der Waals surface area (Å²) in [5.41, 5.74) is 11.3. The molecule has 0 aliphatic rings. The van der Waals surface area contributed by atoms with Gasteiger partial charge in [-0.1, -0.05) is 55.0 Å². The SMILES string of the molecule is CC[C@@H](N)c1ccccc1N(C)Cc1ccc(C)cc1. The van der Waals surface area contributed by atoms with Gasteiger partial charge in [0.2, 0.25) is 0 Å². The molecule has 0 aromatic heterocycles. The van der Waals surface area contributed by atoms with Crippen molar-refractivity contribution in [3.8, 4) is 0 Å². The molecule has 0 aliphatic carbocycles. The third-order valence-corrected chi connectivity index (χ3v) is 3.73. The van der Waals surface area contributed by atoms with E-state index in [4.69, 9.17) is 5.73 Å². The van der Waals surface area contributed by atoms with E-state index in [0.29, 0.717) is 0 Å². The van der Waals surface area contributed by atoms with Crippen molar-refractivity contribution >= 4 is 5.69 Å². The molecule has 0 saturated heterocycles. The highest BCUT2D eigenvalue weighted by Gasteiger charge is 2.12. The average molecular weight is 268 g/mol. The molecule has 0 saturated carbocycles. The fourth-order valence-electron chi connectivity index (χ4n) is 2.42. The van der Waals surface area contributed by atoms with Crippen molar-refractivity contribution in [2.24, 2.45) is 5.73 Å². The number of anilines is 1. The minimum atomic E-state index is 0.103. The molecular formula is C18H24N2. The molecule has 0 aliphatic heterocycles. The Morgan fingerprint density at radius 1 is 1.05 bits per heavy atom. The van der Waals surface area contributed by atoms with Crippen molar-refractivity contribution in [1.29, 1.82) is 0 Å². The number of nitrogens with two attached hydrogens (primary N) is 1. The second kappa shape index (κ2) is 6.58. The van der Waals surface area contributed by atoms with Crippen LogP contribution in [0, 0.1) is 6.92 Å². The number of hydrogen-bond acceptors (Lipinski definition) is 2. The Morgan fingerprint density at radius 3 is 2.35 bits per heavy atom. The van der Waals surface area contributed by atoms with E-state index >= 15 is 0 Å². The summed E-state index contributed by atoms with van der Waals surface area (Å²) in [6.45, 7) is 5.14. The molecule has 0 unspecified atom stereocenters. The molecule has 2 heteroatoms. The summed E-state index contributed by atoms with van der Waals surface area (Å²) in [5.74, 6) is 0. The maximum atomic E-state index is 6.22. The molecule has 0 radical (unpaired) electrons. The van der Waals surface area contributed by atoms with Crippen LogP contribution in [-0.4, -0.2) is 7.05 Å². The van der Waals surface area contributed by atoms with Crippen LogP contribution in [0.3, 0.4) is 0 Å². The summed E-state index contributed by atoms with van der Waals surface area (Å²) in [6, 6.07) is 17.2. The van der Waals surface area contributed by atoms with Crippen LogP contribution >= 0.6 is 0 Å². The number of nitrogens with zero attached hydrogens (tertiary/aromatic N) is 1. The minimum Gasteiger partial charge on any atom is -0.370 e. The average Bonchev–Trinajstić information content (AvgIpc) is 2.48. The van der Waals surface area contributed by atoms with Crippen molar-refractivity contribution in [1.82, 2.24) is 0 Å². The molecule has 0 amide bonds. The number of hydrogen-bond donors (Lipinski definition) is 1. The van der Waals surface area contributed by atoms with Crippen LogP contribution in [0.25, 0.3) is 0 Å². The van der Waals surface area contributed by atoms with Gasteiger partial charge in [-0.3, -0.25) is 0 Å². The van der Waals surface area contributed by atoms with Crippen molar-refractivity contribution in [3.63, 3.8) is 0 Å². The van der Waals surface area contributed by atoms with Crippen molar-refractivity contribution in [2.75, 3.05) is 11.9 Å². The second-order valence-electron chi connectivity index (χ2n) is 5.42. The van der Waals surface area contributed by atoms with Gasteiger partial charge < -0.3 is 10.6 Å². The topological polar surface area (TPSA) is 29.3 Å². The lowest BCUT2D eigenvalue weighted by molar-refractivity contribution is 0.694. The lowest BCUT2D eigenvalue weighted by Gasteiger charge is -2.25. The predicted molar refractivity (Wildman–Crippen MR) is 86.9 cm³/mol. The summed E-state index contributed by atoms with van der Waals surface area (Å²) in [5, 5.41) is 0. The van der Waals surface area contributed by atoms with E-state index in [2.05, 4.69) is 74.3 Å². The summed E-state index contributed by atoms with van der Waals surface area (Å²) >= 11 is 0. The van der Waals surface area contributed by atoms with Crippen LogP contribution in [-0.2, 0) is 6.54 Å². The lowest BCUT2D eigenvalue weighted by Crippen LogP contribution is -2.20. The minimum absolute atomic E-state index is 0.103. The van der Waals surface area contributed by atoms with E-state index in [1.54, 1.807) is 0 Å². The molecule has 2 aromatic carbocycles. The summed E-state index contributed by atoms with van der Waals surface area (Å²) in [7, 11) is 2.13. The first-order chi connectivity index (χ1) is 9.61. The van der Waals surface area contributed by atoms with Crippen LogP contribution in [0.4, 0.5) is 5.69 Å². The van der Waals surface area contributed by atoms with Gasteiger partial charge in [-0.2, -0.15) is 0 Å². The van der Waals surface area contributed by atoms with Crippen LogP contribution in [0.2, 0.25) is 0 Å². The highest BCUT2D eigenvalue weighted by Crippen LogP contribution is 2.27. The molecule has 0 fully saturated rings. The van der Waals surface area contributed by atoms with Crippen LogP contribution < -0.4 is 10.6 Å². The normalized spacial score (nSPS) is 12.2. The first-order valence-electron chi connectivity index (χ1n) is 7.23. The monoisotopic (exact) mass is 268 g/mol. The molecule has 2 rings (SSSR count). The summed E-state index contributed by atoms with van der Waals surface area (Å²) in [6.07, 6.45) is 0.954. The number of para-hydroxylation sites is 1. The van der Waals surface area contributed by atoms with Gasteiger partial charge in [-0.05, 0) is 30.5 Å². The van der Waals surface area contributed by atoms with Gasteiger partial charge >= 0.3 is 0 Å². The molecule has 20 heavy (non-hydrogen) atoms. The Hall–Kier alpha value is -1.80. The zero-order chi connectivity index (χ0) is 14.5. The smallest absolute Gasteiger partial charge is 0.0426 e. The largest absolute Gasteiger partial charge is 0.370 e. The molecule has 106 valence electrons. The third-order valence-electron chi connectivity index (χ3n) is 3.73. The molecule has 2 aromatic rings. The van der Waals surface area contributed by atoms with E-state index in [1.165, 1.54) is 22.4 Å². The zero-order valence-corrected chi connectivity index (χ0v) is 12.6. The fraction of sp³-hybridized carbons (Fsp3) is 0.333. The van der Waals surface area contributed by atoms with Gasteiger partial charge in [0, 0.05) is 25.3 Å². The standard InChI is InChI=1S/C18H24N2/c1-4-17(19)16-7-5-6-8-18(16)20(3)13-15-11-9-14(2)10-12-15/h5-12,17H,4,13,19H2,1-3H3/t17-/m1/s1. The highest BCUT2D eigenvalue weighted by atomic mass is 15.1. The Morgan fingerprint density at radius 2 is 1.70 bits per heavy atom. The van der Waals surface area contributed by atoms with Crippen molar-refractivity contribution < 1.29 is 0 Å². The zero-order valence-electron chi connectivity index (χ0n) is 12.6. The first-order valence-corrected chi connectivity index (χ1v) is 7.23. The van der Waals surface area contributed by atoms with E-state index < -0.39 is 0 Å². The third kappa shape index (κ3) is 3.40. The van der Waals surface area contributed by atoms with Crippen LogP contribution in [0.15, 0.2) is 48.5 Å². The van der Waals surface area contributed by atoms with Gasteiger partial charge in [0.05, 0.1) is 0 Å². The Balaban J connectivity index is 2.20. The Labute approximate surface area is 122 Å². The molecular weight excluding hydrogens is 244 g/mol. The summed E-state index contributed by atoms with van der Waals surface area (Å²) < 4.78 is 0. The molecule has 0 spiro atoms. The van der Waals surface area contributed by atoms with Crippen LogP contribution in [0.5, 0.6) is 0 Å². The van der Waals surface area contributed by atoms with E-state index in [0.717, 1.165) is 13.0 Å². The lowest BCUT2D eigenvalue weighted by atomic mass is 10.0. The molecule has 0 bridgehead atoms. The second-order valence-corrected chi connectivity index (χ2v) is 5.42. The van der Waals surface area contributed by atoms with Gasteiger partial charge in [0.1, 0.15) is 0 Å². The van der Waals surface area contributed by atoms with Crippen molar-refractivity contribution in [3.05, 3.63) is 65.2 Å². The van der Waals surface area contributed by atoms with Gasteiger partial charge in [0.15, 0.2) is 0 Å².